The van der Waals surface area contributed by atoms with Crippen LogP contribution in [0.1, 0.15) is 68.6 Å². The minimum atomic E-state index is -0.0146. The van der Waals surface area contributed by atoms with Crippen LogP contribution in [-0.2, 0) is 0 Å². The van der Waals surface area contributed by atoms with Crippen LogP contribution in [0.4, 0.5) is 0 Å². The first-order valence-electron chi connectivity index (χ1n) is 9.91. The minimum Gasteiger partial charge on any atom is -0.457 e. The normalized spacial score (nSPS) is 10.5. The fourth-order valence-corrected chi connectivity index (χ4v) is 2.86. The topological polar surface area (TPSA) is 38.3 Å². The van der Waals surface area contributed by atoms with Crippen molar-refractivity contribution in [2.75, 3.05) is 6.54 Å². The van der Waals surface area contributed by atoms with E-state index in [9.17, 15) is 4.79 Å². The number of nitrogens with one attached hydrogen (secondary N) is 1. The van der Waals surface area contributed by atoms with Crippen molar-refractivity contribution >= 4 is 5.91 Å². The van der Waals surface area contributed by atoms with Crippen molar-refractivity contribution < 1.29 is 9.53 Å². The molecule has 0 aliphatic heterocycles. The molecule has 0 aliphatic carbocycles. The molecule has 3 heteroatoms. The van der Waals surface area contributed by atoms with E-state index in [-0.39, 0.29) is 5.91 Å². The number of carbonyl (C=O) groups excluding carboxylic acids is 1. The van der Waals surface area contributed by atoms with E-state index in [4.69, 9.17) is 4.74 Å². The van der Waals surface area contributed by atoms with Gasteiger partial charge in [-0.15, -0.1) is 0 Å². The van der Waals surface area contributed by atoms with Crippen LogP contribution >= 0.6 is 0 Å². The molecule has 1 N–H and O–H groups in total. The average molecular weight is 354 g/mol. The monoisotopic (exact) mass is 353 g/mol. The number of unbranched alkanes of at least 4 members (excludes halogenated alkanes) is 7. The highest BCUT2D eigenvalue weighted by Crippen LogP contribution is 2.21. The van der Waals surface area contributed by atoms with Crippen LogP contribution in [0.5, 0.6) is 11.5 Å². The predicted molar refractivity (Wildman–Crippen MR) is 108 cm³/mol. The Hall–Kier alpha value is -2.29. The van der Waals surface area contributed by atoms with Crippen molar-refractivity contribution in [1.82, 2.24) is 5.32 Å². The van der Waals surface area contributed by atoms with Crippen molar-refractivity contribution in [1.29, 1.82) is 0 Å². The SMILES string of the molecule is CCCCCCCCCCNC(=O)c1ccc(Oc2ccccc2)cc1. The van der Waals surface area contributed by atoms with E-state index in [0.717, 1.165) is 24.5 Å². The first-order valence-corrected chi connectivity index (χ1v) is 9.91. The quantitative estimate of drug-likeness (QED) is 0.452. The molecule has 0 saturated heterocycles. The zero-order valence-corrected chi connectivity index (χ0v) is 15.9. The second-order valence-corrected chi connectivity index (χ2v) is 6.67. The zero-order chi connectivity index (χ0) is 18.5. The Morgan fingerprint density at radius 1 is 0.769 bits per heavy atom. The first-order chi connectivity index (χ1) is 12.8. The molecule has 0 saturated carbocycles. The lowest BCUT2D eigenvalue weighted by molar-refractivity contribution is 0.0953. The van der Waals surface area contributed by atoms with Gasteiger partial charge in [0.25, 0.3) is 5.91 Å². The predicted octanol–water partition coefficient (Wildman–Crippen LogP) is 6.35. The summed E-state index contributed by atoms with van der Waals surface area (Å²) in [6, 6.07) is 16.9. The van der Waals surface area contributed by atoms with Gasteiger partial charge in [0, 0.05) is 12.1 Å². The van der Waals surface area contributed by atoms with Gasteiger partial charge in [0.15, 0.2) is 0 Å². The van der Waals surface area contributed by atoms with Crippen LogP contribution in [0, 0.1) is 0 Å². The van der Waals surface area contributed by atoms with Gasteiger partial charge in [-0.1, -0.05) is 70.1 Å². The Morgan fingerprint density at radius 2 is 1.35 bits per heavy atom. The summed E-state index contributed by atoms with van der Waals surface area (Å²) in [5.74, 6) is 1.51. The molecule has 0 radical (unpaired) electrons. The molecule has 140 valence electrons. The minimum absolute atomic E-state index is 0.0146. The largest absolute Gasteiger partial charge is 0.457 e. The van der Waals surface area contributed by atoms with Crippen molar-refractivity contribution in [2.24, 2.45) is 0 Å². The highest BCUT2D eigenvalue weighted by molar-refractivity contribution is 5.94. The highest BCUT2D eigenvalue weighted by Gasteiger charge is 2.05. The lowest BCUT2D eigenvalue weighted by Gasteiger charge is -2.08. The van der Waals surface area contributed by atoms with Gasteiger partial charge < -0.3 is 10.1 Å². The van der Waals surface area contributed by atoms with Crippen molar-refractivity contribution in [3.63, 3.8) is 0 Å². The Morgan fingerprint density at radius 3 is 2.00 bits per heavy atom. The zero-order valence-electron chi connectivity index (χ0n) is 15.9. The smallest absolute Gasteiger partial charge is 0.251 e. The molecule has 0 atom stereocenters. The molecule has 0 spiro atoms. The fourth-order valence-electron chi connectivity index (χ4n) is 2.86. The number of hydrogen-bond acceptors (Lipinski definition) is 2. The lowest BCUT2D eigenvalue weighted by atomic mass is 10.1. The molecular formula is C23H31NO2. The number of hydrogen-bond donors (Lipinski definition) is 1. The molecule has 1 amide bonds. The molecule has 26 heavy (non-hydrogen) atoms. The van der Waals surface area contributed by atoms with Gasteiger partial charge in [-0.3, -0.25) is 4.79 Å². The summed E-state index contributed by atoms with van der Waals surface area (Å²) >= 11 is 0. The highest BCUT2D eigenvalue weighted by atomic mass is 16.5. The maximum Gasteiger partial charge on any atom is 0.251 e. The van der Waals surface area contributed by atoms with Crippen LogP contribution in [0.25, 0.3) is 0 Å². The number of rotatable bonds is 12. The Bertz CT molecular complexity index is 622. The van der Waals surface area contributed by atoms with E-state index < -0.39 is 0 Å². The molecule has 3 nitrogen and oxygen atoms in total. The van der Waals surface area contributed by atoms with Crippen molar-refractivity contribution in [3.8, 4) is 11.5 Å². The second-order valence-electron chi connectivity index (χ2n) is 6.67. The molecule has 2 aromatic rings. The van der Waals surface area contributed by atoms with Crippen LogP contribution in [0.15, 0.2) is 54.6 Å². The number of benzene rings is 2. The summed E-state index contributed by atoms with van der Waals surface area (Å²) in [5.41, 5.74) is 0.671. The maximum atomic E-state index is 12.2. The summed E-state index contributed by atoms with van der Waals surface area (Å²) in [5, 5.41) is 3.00. The summed E-state index contributed by atoms with van der Waals surface area (Å²) in [7, 11) is 0. The molecular weight excluding hydrogens is 322 g/mol. The number of carbonyl (C=O) groups is 1. The van der Waals surface area contributed by atoms with Gasteiger partial charge in [-0.2, -0.15) is 0 Å². The Labute approximate surface area is 157 Å². The van der Waals surface area contributed by atoms with E-state index in [2.05, 4.69) is 12.2 Å². The third-order valence-electron chi connectivity index (χ3n) is 4.41. The van der Waals surface area contributed by atoms with Gasteiger partial charge in [0.2, 0.25) is 0 Å². The summed E-state index contributed by atoms with van der Waals surface area (Å²) in [6.07, 6.45) is 10.2. The summed E-state index contributed by atoms with van der Waals surface area (Å²) < 4.78 is 5.74. The Balaban J connectivity index is 1.62. The molecule has 2 rings (SSSR count). The molecule has 0 bridgehead atoms. The third kappa shape index (κ3) is 7.73. The standard InChI is InChI=1S/C23H31NO2/c1-2-3-4-5-6-7-8-12-19-24-23(25)20-15-17-22(18-16-20)26-21-13-10-9-11-14-21/h9-11,13-18H,2-8,12,19H2,1H3,(H,24,25). The van der Waals surface area contributed by atoms with Gasteiger partial charge in [-0.25, -0.2) is 0 Å². The van der Waals surface area contributed by atoms with E-state index in [0.29, 0.717) is 5.56 Å². The molecule has 0 fully saturated rings. The van der Waals surface area contributed by atoms with E-state index in [1.54, 1.807) is 12.1 Å². The van der Waals surface area contributed by atoms with E-state index >= 15 is 0 Å². The number of para-hydroxylation sites is 1. The molecule has 2 aromatic carbocycles. The van der Waals surface area contributed by atoms with E-state index in [1.165, 1.54) is 44.9 Å². The average Bonchev–Trinajstić information content (AvgIpc) is 2.68. The van der Waals surface area contributed by atoms with Crippen LogP contribution in [-0.4, -0.2) is 12.5 Å². The summed E-state index contributed by atoms with van der Waals surface area (Å²) in [4.78, 5) is 12.2. The molecule has 0 aromatic heterocycles. The summed E-state index contributed by atoms with van der Waals surface area (Å²) in [6.45, 7) is 2.99. The van der Waals surface area contributed by atoms with Gasteiger partial charge in [0.05, 0.1) is 0 Å². The second kappa shape index (κ2) is 12.1. The van der Waals surface area contributed by atoms with Crippen molar-refractivity contribution in [2.45, 2.75) is 58.3 Å². The Kier molecular flexibility index (Phi) is 9.34. The van der Waals surface area contributed by atoms with Gasteiger partial charge in [0.1, 0.15) is 11.5 Å². The van der Waals surface area contributed by atoms with Crippen LogP contribution in [0.3, 0.4) is 0 Å². The maximum absolute atomic E-state index is 12.2. The van der Waals surface area contributed by atoms with E-state index in [1.807, 2.05) is 42.5 Å². The first kappa shape index (κ1) is 20.0. The molecule has 0 heterocycles. The molecule has 0 aliphatic rings. The van der Waals surface area contributed by atoms with Crippen LogP contribution < -0.4 is 10.1 Å². The molecule has 0 unspecified atom stereocenters. The van der Waals surface area contributed by atoms with Crippen LogP contribution in [0.2, 0.25) is 0 Å². The number of ether oxygens (including phenoxy) is 1. The number of amides is 1. The third-order valence-corrected chi connectivity index (χ3v) is 4.41. The lowest BCUT2D eigenvalue weighted by Crippen LogP contribution is -2.24. The fraction of sp³-hybridized carbons (Fsp3) is 0.435. The van der Waals surface area contributed by atoms with Gasteiger partial charge in [-0.05, 0) is 42.8 Å². The van der Waals surface area contributed by atoms with Crippen molar-refractivity contribution in [3.05, 3.63) is 60.2 Å². The van der Waals surface area contributed by atoms with Gasteiger partial charge >= 0.3 is 0 Å².